The topological polar surface area (TPSA) is 95.4 Å². The standard InChI is InChI=1S/C7H9N7S2/c8-6-5(9-13-16-6)3-15-7-10-11-12-14(7)4-1-2-4/h4H,1-3,8H2. The normalized spacial score (nSPS) is 15.5. The number of tetrazole rings is 1. The fraction of sp³-hybridized carbons (Fsp3) is 0.571. The zero-order valence-electron chi connectivity index (χ0n) is 8.28. The molecule has 7 nitrogen and oxygen atoms in total. The van der Waals surface area contributed by atoms with Crippen LogP contribution in [0.4, 0.5) is 5.00 Å². The second-order valence-corrected chi connectivity index (χ2v) is 5.24. The maximum atomic E-state index is 5.71. The monoisotopic (exact) mass is 255 g/mol. The van der Waals surface area contributed by atoms with Crippen LogP contribution in [0.25, 0.3) is 0 Å². The Morgan fingerprint density at radius 3 is 3.00 bits per heavy atom. The highest BCUT2D eigenvalue weighted by Crippen LogP contribution is 2.37. The van der Waals surface area contributed by atoms with E-state index in [1.807, 2.05) is 4.68 Å². The molecule has 0 aromatic carbocycles. The number of hydrogen-bond acceptors (Lipinski definition) is 8. The Labute approximate surface area is 99.6 Å². The molecular formula is C7H9N7S2. The van der Waals surface area contributed by atoms with Crippen molar-refractivity contribution in [3.8, 4) is 0 Å². The van der Waals surface area contributed by atoms with Crippen LogP contribution in [0.2, 0.25) is 0 Å². The minimum atomic E-state index is 0.489. The van der Waals surface area contributed by atoms with Gasteiger partial charge in [0.25, 0.3) is 0 Å². The molecule has 0 atom stereocenters. The average molecular weight is 255 g/mol. The van der Waals surface area contributed by atoms with Crippen molar-refractivity contribution in [2.45, 2.75) is 29.8 Å². The third-order valence-electron chi connectivity index (χ3n) is 2.28. The molecule has 2 aromatic rings. The molecule has 0 saturated heterocycles. The Morgan fingerprint density at radius 1 is 1.44 bits per heavy atom. The fourth-order valence-corrected chi connectivity index (χ4v) is 2.71. The third-order valence-corrected chi connectivity index (χ3v) is 3.82. The molecule has 2 N–H and O–H groups in total. The van der Waals surface area contributed by atoms with Crippen molar-refractivity contribution in [3.05, 3.63) is 5.69 Å². The highest BCUT2D eigenvalue weighted by Gasteiger charge is 2.27. The number of thioether (sulfide) groups is 1. The zero-order valence-corrected chi connectivity index (χ0v) is 9.91. The van der Waals surface area contributed by atoms with Crippen LogP contribution in [0, 0.1) is 0 Å². The summed E-state index contributed by atoms with van der Waals surface area (Å²) in [5.74, 6) is 0.662. The zero-order chi connectivity index (χ0) is 11.0. The van der Waals surface area contributed by atoms with Gasteiger partial charge < -0.3 is 5.73 Å². The maximum Gasteiger partial charge on any atom is 0.209 e. The summed E-state index contributed by atoms with van der Waals surface area (Å²) in [6.45, 7) is 0. The summed E-state index contributed by atoms with van der Waals surface area (Å²) < 4.78 is 5.66. The predicted octanol–water partition coefficient (Wildman–Crippen LogP) is 0.734. The Bertz CT molecular complexity index is 488. The second-order valence-electron chi connectivity index (χ2n) is 3.51. The number of aromatic nitrogens is 6. The van der Waals surface area contributed by atoms with E-state index in [9.17, 15) is 0 Å². The van der Waals surface area contributed by atoms with Gasteiger partial charge in [-0.05, 0) is 23.3 Å². The molecule has 1 aliphatic rings. The predicted molar refractivity (Wildman–Crippen MR) is 60.0 cm³/mol. The highest BCUT2D eigenvalue weighted by atomic mass is 32.2. The van der Waals surface area contributed by atoms with E-state index in [1.54, 1.807) is 11.8 Å². The molecule has 84 valence electrons. The van der Waals surface area contributed by atoms with Gasteiger partial charge >= 0.3 is 0 Å². The van der Waals surface area contributed by atoms with Crippen molar-refractivity contribution < 1.29 is 0 Å². The van der Waals surface area contributed by atoms with Gasteiger partial charge in [0.2, 0.25) is 5.16 Å². The first-order valence-electron chi connectivity index (χ1n) is 4.82. The van der Waals surface area contributed by atoms with Crippen molar-refractivity contribution in [2.75, 3.05) is 5.73 Å². The number of nitrogens with zero attached hydrogens (tertiary/aromatic N) is 6. The Balaban J connectivity index is 1.70. The summed E-state index contributed by atoms with van der Waals surface area (Å²) in [5.41, 5.74) is 6.52. The minimum Gasteiger partial charge on any atom is -0.388 e. The molecule has 0 spiro atoms. The molecule has 16 heavy (non-hydrogen) atoms. The lowest BCUT2D eigenvalue weighted by Crippen LogP contribution is -1.99. The van der Waals surface area contributed by atoms with Crippen molar-refractivity contribution in [3.63, 3.8) is 0 Å². The SMILES string of the molecule is Nc1snnc1CSc1nnnn1C1CC1. The summed E-state index contributed by atoms with van der Waals surface area (Å²) in [6.07, 6.45) is 2.33. The van der Waals surface area contributed by atoms with E-state index in [2.05, 4.69) is 25.1 Å². The molecule has 0 aliphatic heterocycles. The Kier molecular flexibility index (Phi) is 2.48. The molecule has 0 amide bonds. The number of hydrogen-bond donors (Lipinski definition) is 1. The van der Waals surface area contributed by atoms with Crippen LogP contribution < -0.4 is 5.73 Å². The van der Waals surface area contributed by atoms with E-state index in [4.69, 9.17) is 5.73 Å². The van der Waals surface area contributed by atoms with Crippen LogP contribution in [0.3, 0.4) is 0 Å². The molecule has 0 bridgehead atoms. The van der Waals surface area contributed by atoms with Crippen LogP contribution in [0.5, 0.6) is 0 Å². The number of nitrogen functional groups attached to an aromatic ring is 1. The third kappa shape index (κ3) is 1.87. The minimum absolute atomic E-state index is 0.489. The van der Waals surface area contributed by atoms with Gasteiger partial charge in [0, 0.05) is 17.3 Å². The lowest BCUT2D eigenvalue weighted by Gasteiger charge is -2.00. The van der Waals surface area contributed by atoms with Gasteiger partial charge in [-0.3, -0.25) is 0 Å². The summed E-state index contributed by atoms with van der Waals surface area (Å²) in [6, 6.07) is 0.489. The van der Waals surface area contributed by atoms with Gasteiger partial charge in [0.15, 0.2) is 0 Å². The van der Waals surface area contributed by atoms with Gasteiger partial charge in [0.1, 0.15) is 10.7 Å². The van der Waals surface area contributed by atoms with Gasteiger partial charge in [-0.1, -0.05) is 16.3 Å². The summed E-state index contributed by atoms with van der Waals surface area (Å²) in [7, 11) is 0. The van der Waals surface area contributed by atoms with Gasteiger partial charge in [-0.15, -0.1) is 10.2 Å². The van der Waals surface area contributed by atoms with E-state index in [0.29, 0.717) is 16.8 Å². The van der Waals surface area contributed by atoms with E-state index in [-0.39, 0.29) is 0 Å². The largest absolute Gasteiger partial charge is 0.388 e. The lowest BCUT2D eigenvalue weighted by atomic mass is 10.5. The van der Waals surface area contributed by atoms with Crippen LogP contribution in [0.15, 0.2) is 5.16 Å². The van der Waals surface area contributed by atoms with Crippen molar-refractivity contribution >= 4 is 28.3 Å². The molecular weight excluding hydrogens is 246 g/mol. The summed E-state index contributed by atoms with van der Waals surface area (Å²) >= 11 is 2.75. The molecule has 1 saturated carbocycles. The quantitative estimate of drug-likeness (QED) is 0.805. The lowest BCUT2D eigenvalue weighted by molar-refractivity contribution is 0.565. The summed E-state index contributed by atoms with van der Waals surface area (Å²) in [5, 5.41) is 17.1. The Hall–Kier alpha value is -1.22. The molecule has 0 unspecified atom stereocenters. The average Bonchev–Trinajstić information content (AvgIpc) is 2.88. The van der Waals surface area contributed by atoms with Gasteiger partial charge in [-0.2, -0.15) is 0 Å². The first-order valence-corrected chi connectivity index (χ1v) is 6.58. The molecule has 9 heteroatoms. The molecule has 2 aromatic heterocycles. The molecule has 3 rings (SSSR count). The van der Waals surface area contributed by atoms with Crippen LogP contribution in [-0.2, 0) is 5.75 Å². The molecule has 1 aliphatic carbocycles. The smallest absolute Gasteiger partial charge is 0.209 e. The fourth-order valence-electron chi connectivity index (χ4n) is 1.28. The first kappa shape index (κ1) is 9.97. The van der Waals surface area contributed by atoms with Crippen molar-refractivity contribution in [1.82, 2.24) is 29.8 Å². The number of rotatable bonds is 4. The van der Waals surface area contributed by atoms with Crippen LogP contribution in [0.1, 0.15) is 24.6 Å². The summed E-state index contributed by atoms with van der Waals surface area (Å²) in [4.78, 5) is 0. The molecule has 2 heterocycles. The van der Waals surface area contributed by atoms with E-state index in [1.165, 1.54) is 24.4 Å². The van der Waals surface area contributed by atoms with E-state index in [0.717, 1.165) is 10.9 Å². The maximum absolute atomic E-state index is 5.71. The van der Waals surface area contributed by atoms with E-state index >= 15 is 0 Å². The van der Waals surface area contributed by atoms with Crippen molar-refractivity contribution in [1.29, 1.82) is 0 Å². The molecule has 0 radical (unpaired) electrons. The highest BCUT2D eigenvalue weighted by molar-refractivity contribution is 7.98. The second kappa shape index (κ2) is 3.98. The Morgan fingerprint density at radius 2 is 2.31 bits per heavy atom. The number of nitrogens with two attached hydrogens (primary N) is 1. The number of anilines is 1. The van der Waals surface area contributed by atoms with E-state index < -0.39 is 0 Å². The first-order chi connectivity index (χ1) is 7.84. The van der Waals surface area contributed by atoms with Gasteiger partial charge in [-0.25, -0.2) is 4.68 Å². The van der Waals surface area contributed by atoms with Gasteiger partial charge in [0.05, 0.1) is 6.04 Å². The molecule has 1 fully saturated rings. The van der Waals surface area contributed by atoms with Crippen molar-refractivity contribution in [2.24, 2.45) is 0 Å². The van der Waals surface area contributed by atoms with Crippen LogP contribution >= 0.6 is 23.3 Å². The van der Waals surface area contributed by atoms with Crippen LogP contribution in [-0.4, -0.2) is 29.8 Å².